The molecule has 0 N–H and O–H groups in total. The molecule has 1 heterocycles. The van der Waals surface area contributed by atoms with Gasteiger partial charge in [0.05, 0.1) is 0 Å². The fourth-order valence-corrected chi connectivity index (χ4v) is 1.75. The second-order valence-corrected chi connectivity index (χ2v) is 5.56. The van der Waals surface area contributed by atoms with Crippen molar-refractivity contribution in [2.75, 3.05) is 4.93 Å². The van der Waals surface area contributed by atoms with Crippen LogP contribution in [0.25, 0.3) is 0 Å². The summed E-state index contributed by atoms with van der Waals surface area (Å²) in [4.78, 5) is 40.5. The molecule has 5 nitrogen and oxygen atoms in total. The van der Waals surface area contributed by atoms with Gasteiger partial charge in [0.1, 0.15) is 0 Å². The van der Waals surface area contributed by atoms with Crippen LogP contribution in [0.3, 0.4) is 0 Å². The van der Waals surface area contributed by atoms with Crippen molar-refractivity contribution in [2.24, 2.45) is 11.8 Å². The molecule has 1 unspecified atom stereocenters. The average Bonchev–Trinajstić information content (AvgIpc) is 2.45. The molecule has 1 fully saturated rings. The van der Waals surface area contributed by atoms with Crippen molar-refractivity contribution in [2.45, 2.75) is 20.3 Å². The van der Waals surface area contributed by atoms with Crippen LogP contribution in [0.1, 0.15) is 20.3 Å². The number of hydrogen-bond donors (Lipinski definition) is 0. The number of nitrogens with zero attached hydrogens (tertiary/aromatic N) is 1. The Hall–Kier alpha value is -0.660. The monoisotopic (exact) mass is 326 g/mol. The maximum absolute atomic E-state index is 11.6. The normalized spacial score (nSPS) is 21.6. The summed E-state index contributed by atoms with van der Waals surface area (Å²) in [7, 11) is 0. The van der Waals surface area contributed by atoms with E-state index in [1.54, 1.807) is 4.93 Å². The van der Waals surface area contributed by atoms with Crippen LogP contribution in [0.2, 0.25) is 0 Å². The molecule has 6 heteroatoms. The van der Waals surface area contributed by atoms with Crippen LogP contribution in [0.15, 0.2) is 0 Å². The second kappa shape index (κ2) is 4.91. The van der Waals surface area contributed by atoms with Gasteiger partial charge in [0.15, 0.2) is 0 Å². The summed E-state index contributed by atoms with van der Waals surface area (Å²) >= 11 is -0.750. The Morgan fingerprint density at radius 1 is 1.53 bits per heavy atom. The molecule has 0 aromatic heterocycles. The van der Waals surface area contributed by atoms with Crippen LogP contribution in [-0.4, -0.2) is 25.8 Å². The molecule has 0 radical (unpaired) electrons. The quantitative estimate of drug-likeness (QED) is 0.255. The van der Waals surface area contributed by atoms with Gasteiger partial charge < -0.3 is 0 Å². The van der Waals surface area contributed by atoms with Crippen LogP contribution in [0.4, 0.5) is 4.79 Å². The SMILES string of the molecule is C[I-]C(=O)ON1C(=O)CC(C(C)C)C1=O. The Bertz CT molecular complexity index is 302. The molecule has 0 saturated carbocycles. The van der Waals surface area contributed by atoms with Crippen molar-refractivity contribution >= 4 is 15.8 Å². The first kappa shape index (κ1) is 12.4. The number of carbonyl (C=O) groups is 3. The molecule has 1 aliphatic heterocycles. The summed E-state index contributed by atoms with van der Waals surface area (Å²) in [6, 6.07) is 0. The summed E-state index contributed by atoms with van der Waals surface area (Å²) in [5, 5.41) is 0.635. The molecule has 86 valence electrons. The van der Waals surface area contributed by atoms with Crippen molar-refractivity contribution in [1.82, 2.24) is 5.06 Å². The Kier molecular flexibility index (Phi) is 4.06. The number of hydroxylamine groups is 2. The fraction of sp³-hybridized carbons (Fsp3) is 0.667. The third-order valence-electron chi connectivity index (χ3n) is 2.26. The molecule has 0 aliphatic carbocycles. The van der Waals surface area contributed by atoms with Crippen LogP contribution in [0.5, 0.6) is 0 Å². The molecule has 0 spiro atoms. The molecule has 1 atom stereocenters. The van der Waals surface area contributed by atoms with E-state index in [2.05, 4.69) is 0 Å². The van der Waals surface area contributed by atoms with E-state index in [9.17, 15) is 14.4 Å². The summed E-state index contributed by atoms with van der Waals surface area (Å²) < 4.78 is -0.458. The summed E-state index contributed by atoms with van der Waals surface area (Å²) in [6.45, 7) is 3.74. The van der Waals surface area contributed by atoms with E-state index >= 15 is 0 Å². The first-order chi connectivity index (χ1) is 6.97. The van der Waals surface area contributed by atoms with Crippen molar-refractivity contribution < 1.29 is 40.4 Å². The zero-order valence-electron chi connectivity index (χ0n) is 8.82. The third-order valence-corrected chi connectivity index (χ3v) is 3.34. The molecule has 0 aromatic carbocycles. The second-order valence-electron chi connectivity index (χ2n) is 3.60. The molecular weight excluding hydrogens is 313 g/mol. The first-order valence-corrected chi connectivity index (χ1v) is 7.79. The van der Waals surface area contributed by atoms with E-state index < -0.39 is 31.1 Å². The zero-order chi connectivity index (χ0) is 11.6. The van der Waals surface area contributed by atoms with Crippen LogP contribution in [-0.2, 0) is 14.4 Å². The van der Waals surface area contributed by atoms with Crippen molar-refractivity contribution in [3.8, 4) is 0 Å². The van der Waals surface area contributed by atoms with Gasteiger partial charge in [-0.15, -0.1) is 0 Å². The van der Waals surface area contributed by atoms with E-state index in [0.29, 0.717) is 5.06 Å². The Morgan fingerprint density at radius 2 is 2.13 bits per heavy atom. The summed E-state index contributed by atoms with van der Waals surface area (Å²) in [6.07, 6.45) is 0.145. The molecule has 1 aliphatic rings. The minimum atomic E-state index is -0.750. The molecule has 0 bridgehead atoms. The Labute approximate surface area is 98.4 Å². The molecule has 0 aromatic rings. The van der Waals surface area contributed by atoms with E-state index in [1.807, 2.05) is 13.8 Å². The standard InChI is InChI=1S/C9H13INO4/c1-5(2)6-4-7(12)11(8(6)13)15-9(14)10-3/h5-6H,4H2,1-3H3/q-1. The predicted octanol–water partition coefficient (Wildman–Crippen LogP) is -2.21. The van der Waals surface area contributed by atoms with Gasteiger partial charge in [-0.25, -0.2) is 0 Å². The van der Waals surface area contributed by atoms with Crippen LogP contribution >= 0.6 is 0 Å². The van der Waals surface area contributed by atoms with E-state index in [-0.39, 0.29) is 24.2 Å². The predicted molar refractivity (Wildman–Crippen MR) is 47.2 cm³/mol. The minimum absolute atomic E-state index is 0.0847. The molecule has 1 rings (SSSR count). The third kappa shape index (κ3) is 2.67. The van der Waals surface area contributed by atoms with Gasteiger partial charge in [-0.05, 0) is 0 Å². The number of rotatable bonds is 3. The molecule has 1 saturated heterocycles. The zero-order valence-corrected chi connectivity index (χ0v) is 11.0. The molecule has 15 heavy (non-hydrogen) atoms. The van der Waals surface area contributed by atoms with Crippen LogP contribution in [0, 0.1) is 11.8 Å². The molecular formula is C9H13INO4-. The summed E-state index contributed by atoms with van der Waals surface area (Å²) in [5.74, 6) is -1.06. The van der Waals surface area contributed by atoms with Gasteiger partial charge in [-0.2, -0.15) is 0 Å². The van der Waals surface area contributed by atoms with Gasteiger partial charge >= 0.3 is 98.3 Å². The van der Waals surface area contributed by atoms with Gasteiger partial charge in [-0.3, -0.25) is 0 Å². The number of halogens is 1. The van der Waals surface area contributed by atoms with Gasteiger partial charge in [-0.1, -0.05) is 0 Å². The Morgan fingerprint density at radius 3 is 2.53 bits per heavy atom. The van der Waals surface area contributed by atoms with E-state index in [0.717, 1.165) is 0 Å². The number of imide groups is 1. The first-order valence-electron chi connectivity index (χ1n) is 4.55. The topological polar surface area (TPSA) is 63.7 Å². The number of alkyl halides is 1. The average molecular weight is 326 g/mol. The van der Waals surface area contributed by atoms with Crippen molar-refractivity contribution in [3.05, 3.63) is 0 Å². The molecule has 2 amide bonds. The van der Waals surface area contributed by atoms with Gasteiger partial charge in [0, 0.05) is 0 Å². The van der Waals surface area contributed by atoms with Crippen molar-refractivity contribution in [3.63, 3.8) is 0 Å². The summed E-state index contributed by atoms with van der Waals surface area (Å²) in [5.41, 5.74) is 0. The van der Waals surface area contributed by atoms with E-state index in [1.165, 1.54) is 0 Å². The van der Waals surface area contributed by atoms with Crippen molar-refractivity contribution in [1.29, 1.82) is 0 Å². The van der Waals surface area contributed by atoms with Gasteiger partial charge in [0.2, 0.25) is 0 Å². The number of hydrogen-bond acceptors (Lipinski definition) is 4. The van der Waals surface area contributed by atoms with Gasteiger partial charge in [0.25, 0.3) is 0 Å². The number of amides is 2. The van der Waals surface area contributed by atoms with E-state index in [4.69, 9.17) is 4.84 Å². The Balaban J connectivity index is 2.71. The number of carbonyl (C=O) groups excluding carboxylic acids is 3. The fourth-order valence-electron chi connectivity index (χ4n) is 1.35. The van der Waals surface area contributed by atoms with Crippen LogP contribution < -0.4 is 21.2 Å². The maximum atomic E-state index is 11.6.